The minimum absolute atomic E-state index is 0.0803. The molecule has 3 amide bonds. The SMILES string of the molecule is N#Cc1cccc(C(=O)Nc2ccccc2N2CCCN(Cc3ccccc3)C2=O)c1. The van der Waals surface area contributed by atoms with Crippen molar-refractivity contribution < 1.29 is 9.59 Å². The summed E-state index contributed by atoms with van der Waals surface area (Å²) in [4.78, 5) is 29.5. The Labute approximate surface area is 181 Å². The van der Waals surface area contributed by atoms with Crippen LogP contribution in [0.15, 0.2) is 78.9 Å². The number of para-hydroxylation sites is 2. The number of rotatable bonds is 5. The lowest BCUT2D eigenvalue weighted by Crippen LogP contribution is -2.49. The summed E-state index contributed by atoms with van der Waals surface area (Å²) < 4.78 is 0. The van der Waals surface area contributed by atoms with E-state index in [1.807, 2.05) is 59.5 Å². The molecule has 1 aliphatic heterocycles. The Morgan fingerprint density at radius 2 is 1.74 bits per heavy atom. The molecule has 0 atom stereocenters. The Morgan fingerprint density at radius 1 is 0.968 bits per heavy atom. The maximum atomic E-state index is 13.2. The lowest BCUT2D eigenvalue weighted by atomic mass is 10.1. The van der Waals surface area contributed by atoms with Gasteiger partial charge < -0.3 is 10.2 Å². The second-order valence-corrected chi connectivity index (χ2v) is 7.36. The number of urea groups is 1. The van der Waals surface area contributed by atoms with E-state index in [1.54, 1.807) is 35.2 Å². The van der Waals surface area contributed by atoms with Crippen LogP contribution in [0.2, 0.25) is 0 Å². The quantitative estimate of drug-likeness (QED) is 0.666. The van der Waals surface area contributed by atoms with Crippen molar-refractivity contribution in [2.75, 3.05) is 23.3 Å². The van der Waals surface area contributed by atoms with E-state index >= 15 is 0 Å². The molecule has 1 N–H and O–H groups in total. The Hall–Kier alpha value is -4.11. The van der Waals surface area contributed by atoms with Gasteiger partial charge in [-0.1, -0.05) is 48.5 Å². The van der Waals surface area contributed by atoms with Crippen molar-refractivity contribution in [3.63, 3.8) is 0 Å². The van der Waals surface area contributed by atoms with Gasteiger partial charge in [0.25, 0.3) is 5.91 Å². The third-order valence-corrected chi connectivity index (χ3v) is 5.22. The molecule has 154 valence electrons. The molecule has 0 aliphatic carbocycles. The molecule has 0 unspecified atom stereocenters. The summed E-state index contributed by atoms with van der Waals surface area (Å²) in [6.07, 6.45) is 0.838. The average Bonchev–Trinajstić information content (AvgIpc) is 2.82. The summed E-state index contributed by atoms with van der Waals surface area (Å²) in [7, 11) is 0. The highest BCUT2D eigenvalue weighted by Crippen LogP contribution is 2.29. The molecule has 0 bridgehead atoms. The highest BCUT2D eigenvalue weighted by atomic mass is 16.2. The van der Waals surface area contributed by atoms with Gasteiger partial charge in [0.15, 0.2) is 0 Å². The van der Waals surface area contributed by atoms with E-state index in [0.717, 1.165) is 12.0 Å². The standard InChI is InChI=1S/C25H22N4O2/c26-17-20-10-6-11-21(16-20)24(30)27-22-12-4-5-13-23(22)29-15-7-14-28(25(29)31)18-19-8-2-1-3-9-19/h1-6,8-13,16H,7,14-15,18H2,(H,27,30). The first kappa shape index (κ1) is 20.2. The maximum absolute atomic E-state index is 13.2. The van der Waals surface area contributed by atoms with Crippen LogP contribution in [-0.2, 0) is 6.54 Å². The van der Waals surface area contributed by atoms with Crippen molar-refractivity contribution in [2.45, 2.75) is 13.0 Å². The van der Waals surface area contributed by atoms with Crippen LogP contribution in [0.5, 0.6) is 0 Å². The summed E-state index contributed by atoms with van der Waals surface area (Å²) in [6.45, 7) is 1.83. The van der Waals surface area contributed by atoms with Gasteiger partial charge >= 0.3 is 6.03 Å². The van der Waals surface area contributed by atoms with Gasteiger partial charge in [-0.3, -0.25) is 9.69 Å². The number of amides is 3. The second kappa shape index (κ2) is 9.14. The van der Waals surface area contributed by atoms with Crippen molar-refractivity contribution >= 4 is 23.3 Å². The number of carbonyl (C=O) groups excluding carboxylic acids is 2. The topological polar surface area (TPSA) is 76.4 Å². The van der Waals surface area contributed by atoms with Gasteiger partial charge in [0.1, 0.15) is 0 Å². The molecule has 0 saturated carbocycles. The van der Waals surface area contributed by atoms with Crippen molar-refractivity contribution in [3.05, 3.63) is 95.6 Å². The summed E-state index contributed by atoms with van der Waals surface area (Å²) >= 11 is 0. The van der Waals surface area contributed by atoms with Gasteiger partial charge in [-0.2, -0.15) is 5.26 Å². The molecule has 3 aromatic carbocycles. The molecule has 0 radical (unpaired) electrons. The van der Waals surface area contributed by atoms with Gasteiger partial charge in [0.2, 0.25) is 0 Å². The van der Waals surface area contributed by atoms with Crippen molar-refractivity contribution in [1.82, 2.24) is 4.90 Å². The third-order valence-electron chi connectivity index (χ3n) is 5.22. The van der Waals surface area contributed by atoms with E-state index in [4.69, 9.17) is 5.26 Å². The largest absolute Gasteiger partial charge is 0.324 e. The van der Waals surface area contributed by atoms with E-state index in [0.29, 0.717) is 42.1 Å². The second-order valence-electron chi connectivity index (χ2n) is 7.36. The van der Waals surface area contributed by atoms with E-state index in [9.17, 15) is 9.59 Å². The lowest BCUT2D eigenvalue weighted by molar-refractivity contribution is 0.102. The number of carbonyl (C=O) groups is 2. The first-order valence-corrected chi connectivity index (χ1v) is 10.2. The number of benzene rings is 3. The zero-order valence-electron chi connectivity index (χ0n) is 17.0. The number of anilines is 2. The van der Waals surface area contributed by atoms with E-state index in [2.05, 4.69) is 5.32 Å². The smallest absolute Gasteiger partial charge is 0.320 e. The minimum Gasteiger partial charge on any atom is -0.320 e. The van der Waals surface area contributed by atoms with Crippen LogP contribution in [-0.4, -0.2) is 29.9 Å². The molecule has 4 rings (SSSR count). The van der Waals surface area contributed by atoms with Crippen LogP contribution < -0.4 is 10.2 Å². The van der Waals surface area contributed by atoms with Crippen LogP contribution in [0.1, 0.15) is 27.9 Å². The molecule has 0 aromatic heterocycles. The Balaban J connectivity index is 1.55. The molecule has 1 heterocycles. The zero-order valence-corrected chi connectivity index (χ0v) is 17.0. The van der Waals surface area contributed by atoms with Crippen molar-refractivity contribution in [3.8, 4) is 6.07 Å². The predicted octanol–water partition coefficient (Wildman–Crippen LogP) is 4.64. The highest BCUT2D eigenvalue weighted by molar-refractivity contribution is 6.07. The van der Waals surface area contributed by atoms with Crippen LogP contribution >= 0.6 is 0 Å². The molecule has 1 aliphatic rings. The van der Waals surface area contributed by atoms with Crippen molar-refractivity contribution in [2.24, 2.45) is 0 Å². The normalized spacial score (nSPS) is 13.6. The van der Waals surface area contributed by atoms with E-state index in [-0.39, 0.29) is 11.9 Å². The fourth-order valence-corrected chi connectivity index (χ4v) is 3.69. The van der Waals surface area contributed by atoms with Crippen LogP contribution in [0, 0.1) is 11.3 Å². The van der Waals surface area contributed by atoms with Crippen molar-refractivity contribution in [1.29, 1.82) is 5.26 Å². The number of nitriles is 1. The fourth-order valence-electron chi connectivity index (χ4n) is 3.69. The van der Waals surface area contributed by atoms with Gasteiger partial charge in [-0.25, -0.2) is 4.79 Å². The molecule has 1 fully saturated rings. The molecular weight excluding hydrogens is 388 g/mol. The Kier molecular flexibility index (Phi) is 5.95. The van der Waals surface area contributed by atoms with Gasteiger partial charge in [0, 0.05) is 25.2 Å². The maximum Gasteiger partial charge on any atom is 0.324 e. The molecule has 0 spiro atoms. The fraction of sp³-hybridized carbons (Fsp3) is 0.160. The lowest BCUT2D eigenvalue weighted by Gasteiger charge is -2.36. The molecule has 6 nitrogen and oxygen atoms in total. The molecular formula is C25H22N4O2. The summed E-state index contributed by atoms with van der Waals surface area (Å²) in [5, 5.41) is 12.0. The summed E-state index contributed by atoms with van der Waals surface area (Å²) in [6, 6.07) is 25.7. The Morgan fingerprint density at radius 3 is 2.55 bits per heavy atom. The molecule has 31 heavy (non-hydrogen) atoms. The van der Waals surface area contributed by atoms with Crippen LogP contribution in [0.3, 0.4) is 0 Å². The number of hydrogen-bond acceptors (Lipinski definition) is 3. The number of nitrogens with one attached hydrogen (secondary N) is 1. The third kappa shape index (κ3) is 4.57. The first-order chi connectivity index (χ1) is 15.2. The predicted molar refractivity (Wildman–Crippen MR) is 120 cm³/mol. The van der Waals surface area contributed by atoms with Gasteiger partial charge in [-0.05, 0) is 42.3 Å². The van der Waals surface area contributed by atoms with Crippen LogP contribution in [0.25, 0.3) is 0 Å². The number of hydrogen-bond donors (Lipinski definition) is 1. The number of nitrogens with zero attached hydrogens (tertiary/aromatic N) is 3. The zero-order chi connectivity index (χ0) is 21.6. The molecule has 6 heteroatoms. The van der Waals surface area contributed by atoms with Crippen LogP contribution in [0.4, 0.5) is 16.2 Å². The summed E-state index contributed by atoms with van der Waals surface area (Å²) in [5.41, 5.74) is 3.12. The Bertz CT molecular complexity index is 1140. The highest BCUT2D eigenvalue weighted by Gasteiger charge is 2.28. The minimum atomic E-state index is -0.324. The van der Waals surface area contributed by atoms with Gasteiger partial charge in [-0.15, -0.1) is 0 Å². The monoisotopic (exact) mass is 410 g/mol. The molecule has 3 aromatic rings. The van der Waals surface area contributed by atoms with E-state index < -0.39 is 0 Å². The van der Waals surface area contributed by atoms with E-state index in [1.165, 1.54) is 0 Å². The van der Waals surface area contributed by atoms with Gasteiger partial charge in [0.05, 0.1) is 23.0 Å². The average molecular weight is 410 g/mol. The molecule has 1 saturated heterocycles. The first-order valence-electron chi connectivity index (χ1n) is 10.2. The summed E-state index contributed by atoms with van der Waals surface area (Å²) in [5.74, 6) is -0.324.